The Hall–Kier alpha value is -2.56. The van der Waals surface area contributed by atoms with Crippen molar-refractivity contribution in [3.63, 3.8) is 0 Å². The first-order chi connectivity index (χ1) is 8.70. The average Bonchev–Trinajstić information content (AvgIpc) is 2.40. The molecule has 0 saturated heterocycles. The second-order valence-corrected chi connectivity index (χ2v) is 3.63. The van der Waals surface area contributed by atoms with Gasteiger partial charge in [-0.1, -0.05) is 18.2 Å². The molecule has 0 saturated carbocycles. The highest BCUT2D eigenvalue weighted by Gasteiger charge is 2.14. The summed E-state index contributed by atoms with van der Waals surface area (Å²) in [6.45, 7) is 0. The number of ether oxygens (including phenoxy) is 1. The molecule has 5 nitrogen and oxygen atoms in total. The van der Waals surface area contributed by atoms with Crippen LogP contribution in [0, 0.1) is 10.1 Å². The lowest BCUT2D eigenvalue weighted by Crippen LogP contribution is -1.97. The third kappa shape index (κ3) is 2.57. The van der Waals surface area contributed by atoms with Crippen LogP contribution in [-0.2, 0) is 0 Å². The SMILES string of the molecule is COc1ccc(Nc2ccccc2)c([N+](=O)[O-])c1. The van der Waals surface area contributed by atoms with Gasteiger partial charge in [-0.05, 0) is 24.3 Å². The molecule has 0 unspecified atom stereocenters. The maximum Gasteiger partial charge on any atom is 0.296 e. The number of hydrogen-bond acceptors (Lipinski definition) is 4. The first-order valence-corrected chi connectivity index (χ1v) is 5.35. The normalized spacial score (nSPS) is 9.83. The van der Waals surface area contributed by atoms with E-state index in [4.69, 9.17) is 4.74 Å². The Bertz CT molecular complexity index is 555. The van der Waals surface area contributed by atoms with Gasteiger partial charge in [0.1, 0.15) is 11.4 Å². The Morgan fingerprint density at radius 3 is 2.50 bits per heavy atom. The van der Waals surface area contributed by atoms with Crippen LogP contribution in [0.15, 0.2) is 48.5 Å². The minimum atomic E-state index is -0.437. The molecule has 0 radical (unpaired) electrons. The number of para-hydroxylation sites is 1. The van der Waals surface area contributed by atoms with E-state index < -0.39 is 4.92 Å². The van der Waals surface area contributed by atoms with Crippen LogP contribution >= 0.6 is 0 Å². The molecule has 0 amide bonds. The summed E-state index contributed by atoms with van der Waals surface area (Å²) < 4.78 is 4.98. The van der Waals surface area contributed by atoms with Gasteiger partial charge in [-0.3, -0.25) is 10.1 Å². The minimum Gasteiger partial charge on any atom is -0.496 e. The molecule has 18 heavy (non-hydrogen) atoms. The molecule has 2 rings (SSSR count). The number of hydrogen-bond donors (Lipinski definition) is 1. The molecule has 2 aromatic carbocycles. The van der Waals surface area contributed by atoms with Crippen molar-refractivity contribution in [1.29, 1.82) is 0 Å². The van der Waals surface area contributed by atoms with Crippen molar-refractivity contribution in [3.05, 3.63) is 58.6 Å². The summed E-state index contributed by atoms with van der Waals surface area (Å²) in [4.78, 5) is 10.6. The van der Waals surface area contributed by atoms with E-state index in [1.807, 2.05) is 30.3 Å². The maximum atomic E-state index is 11.0. The van der Waals surface area contributed by atoms with E-state index in [1.165, 1.54) is 13.2 Å². The number of nitro groups is 1. The van der Waals surface area contributed by atoms with Crippen LogP contribution in [0.4, 0.5) is 17.1 Å². The third-order valence-electron chi connectivity index (χ3n) is 2.45. The molecule has 0 aromatic heterocycles. The Balaban J connectivity index is 2.35. The van der Waals surface area contributed by atoms with Crippen molar-refractivity contribution in [2.24, 2.45) is 0 Å². The van der Waals surface area contributed by atoms with Gasteiger partial charge in [0, 0.05) is 5.69 Å². The third-order valence-corrected chi connectivity index (χ3v) is 2.45. The second kappa shape index (κ2) is 5.18. The van der Waals surface area contributed by atoms with Crippen LogP contribution < -0.4 is 10.1 Å². The van der Waals surface area contributed by atoms with Crippen molar-refractivity contribution in [2.45, 2.75) is 0 Å². The molecule has 0 aliphatic carbocycles. The molecule has 0 aliphatic rings. The summed E-state index contributed by atoms with van der Waals surface area (Å²) in [5, 5.41) is 14.0. The van der Waals surface area contributed by atoms with Gasteiger partial charge >= 0.3 is 0 Å². The highest BCUT2D eigenvalue weighted by molar-refractivity contribution is 5.70. The molecule has 0 bridgehead atoms. The fraction of sp³-hybridized carbons (Fsp3) is 0.0769. The number of nitro benzene ring substituents is 1. The summed E-state index contributed by atoms with van der Waals surface area (Å²) in [7, 11) is 1.48. The average molecular weight is 244 g/mol. The quantitative estimate of drug-likeness (QED) is 0.661. The monoisotopic (exact) mass is 244 g/mol. The Morgan fingerprint density at radius 1 is 1.17 bits per heavy atom. The first-order valence-electron chi connectivity index (χ1n) is 5.35. The van der Waals surface area contributed by atoms with Gasteiger partial charge in [0.05, 0.1) is 18.1 Å². The summed E-state index contributed by atoms with van der Waals surface area (Å²) in [5.41, 5.74) is 1.22. The van der Waals surface area contributed by atoms with Gasteiger partial charge in [0.25, 0.3) is 5.69 Å². The highest BCUT2D eigenvalue weighted by Crippen LogP contribution is 2.31. The van der Waals surface area contributed by atoms with E-state index in [1.54, 1.807) is 12.1 Å². The zero-order valence-electron chi connectivity index (χ0n) is 9.79. The van der Waals surface area contributed by atoms with Gasteiger partial charge < -0.3 is 10.1 Å². The summed E-state index contributed by atoms with van der Waals surface area (Å²) in [6, 6.07) is 14.0. The lowest BCUT2D eigenvalue weighted by Gasteiger charge is -2.08. The zero-order valence-corrected chi connectivity index (χ0v) is 9.79. The topological polar surface area (TPSA) is 64.4 Å². The molecule has 0 spiro atoms. The van der Waals surface area contributed by atoms with Gasteiger partial charge in [-0.2, -0.15) is 0 Å². The van der Waals surface area contributed by atoms with Crippen LogP contribution in [-0.4, -0.2) is 12.0 Å². The molecule has 1 N–H and O–H groups in total. The minimum absolute atomic E-state index is 0.0156. The van der Waals surface area contributed by atoms with Crippen LogP contribution in [0.5, 0.6) is 5.75 Å². The van der Waals surface area contributed by atoms with Crippen LogP contribution in [0.3, 0.4) is 0 Å². The molecule has 0 heterocycles. The van der Waals surface area contributed by atoms with Crippen molar-refractivity contribution < 1.29 is 9.66 Å². The fourth-order valence-electron chi connectivity index (χ4n) is 1.57. The lowest BCUT2D eigenvalue weighted by atomic mass is 10.2. The number of rotatable bonds is 4. The maximum absolute atomic E-state index is 11.0. The number of methoxy groups -OCH3 is 1. The largest absolute Gasteiger partial charge is 0.496 e. The zero-order chi connectivity index (χ0) is 13.0. The molecule has 92 valence electrons. The van der Waals surface area contributed by atoms with Gasteiger partial charge in [-0.25, -0.2) is 0 Å². The van der Waals surface area contributed by atoms with Gasteiger partial charge in [0.2, 0.25) is 0 Å². The summed E-state index contributed by atoms with van der Waals surface area (Å²) >= 11 is 0. The number of benzene rings is 2. The lowest BCUT2D eigenvalue weighted by molar-refractivity contribution is -0.384. The van der Waals surface area contributed by atoms with Crippen LogP contribution in [0.1, 0.15) is 0 Å². The molecule has 0 aliphatic heterocycles. The Kier molecular flexibility index (Phi) is 3.43. The standard InChI is InChI=1S/C13H12N2O3/c1-18-11-7-8-12(13(9-11)15(16)17)14-10-5-3-2-4-6-10/h2-9,14H,1H3. The van der Waals surface area contributed by atoms with Gasteiger partial charge in [0.15, 0.2) is 0 Å². The van der Waals surface area contributed by atoms with E-state index in [-0.39, 0.29) is 5.69 Å². The molecule has 0 atom stereocenters. The van der Waals surface area contributed by atoms with E-state index in [0.717, 1.165) is 5.69 Å². The molecular weight excluding hydrogens is 232 g/mol. The smallest absolute Gasteiger partial charge is 0.296 e. The van der Waals surface area contributed by atoms with E-state index in [2.05, 4.69) is 5.32 Å². The van der Waals surface area contributed by atoms with Gasteiger partial charge in [-0.15, -0.1) is 0 Å². The molecule has 2 aromatic rings. The van der Waals surface area contributed by atoms with Crippen molar-refractivity contribution in [1.82, 2.24) is 0 Å². The van der Waals surface area contributed by atoms with Crippen molar-refractivity contribution in [3.8, 4) is 5.75 Å². The number of nitrogens with zero attached hydrogens (tertiary/aromatic N) is 1. The summed E-state index contributed by atoms with van der Waals surface area (Å²) in [6.07, 6.45) is 0. The fourth-order valence-corrected chi connectivity index (χ4v) is 1.57. The van der Waals surface area contributed by atoms with E-state index >= 15 is 0 Å². The summed E-state index contributed by atoms with van der Waals surface area (Å²) in [5.74, 6) is 0.459. The van der Waals surface area contributed by atoms with Crippen molar-refractivity contribution >= 4 is 17.1 Å². The predicted molar refractivity (Wildman–Crippen MR) is 69.4 cm³/mol. The Labute approximate surface area is 104 Å². The molecular formula is C13H12N2O3. The first kappa shape index (κ1) is 11.9. The molecule has 0 fully saturated rings. The Morgan fingerprint density at radius 2 is 1.89 bits per heavy atom. The van der Waals surface area contributed by atoms with E-state index in [0.29, 0.717) is 11.4 Å². The van der Waals surface area contributed by atoms with Crippen LogP contribution in [0.25, 0.3) is 0 Å². The number of nitrogens with one attached hydrogen (secondary N) is 1. The predicted octanol–water partition coefficient (Wildman–Crippen LogP) is 3.35. The molecule has 5 heteroatoms. The highest BCUT2D eigenvalue weighted by atomic mass is 16.6. The van der Waals surface area contributed by atoms with Crippen molar-refractivity contribution in [2.75, 3.05) is 12.4 Å². The number of anilines is 2. The van der Waals surface area contributed by atoms with E-state index in [9.17, 15) is 10.1 Å². The second-order valence-electron chi connectivity index (χ2n) is 3.63. The van der Waals surface area contributed by atoms with Crippen LogP contribution in [0.2, 0.25) is 0 Å².